The SMILES string of the molecule is C(=C\C1CCCC1)/CCCc1ccccc1.C/C=C\CCCC(=O)NCC.CC(=O)O. The molecule has 0 radical (unpaired) electrons. The van der Waals surface area contributed by atoms with Crippen LogP contribution in [0.2, 0.25) is 0 Å². The fraction of sp³-hybridized carbons (Fsp3) is 0.556. The van der Waals surface area contributed by atoms with Crippen molar-refractivity contribution >= 4 is 11.9 Å². The minimum absolute atomic E-state index is 0.164. The molecule has 2 rings (SSSR count). The first-order chi connectivity index (χ1) is 15.0. The van der Waals surface area contributed by atoms with E-state index in [1.807, 2.05) is 19.9 Å². The second-order valence-electron chi connectivity index (χ2n) is 7.78. The Kier molecular flexibility index (Phi) is 19.3. The van der Waals surface area contributed by atoms with Gasteiger partial charge >= 0.3 is 0 Å². The number of carboxylic acids is 1. The Morgan fingerprint density at radius 2 is 1.68 bits per heavy atom. The molecule has 1 aliphatic carbocycles. The van der Waals surface area contributed by atoms with Crippen LogP contribution in [0.15, 0.2) is 54.6 Å². The van der Waals surface area contributed by atoms with Gasteiger partial charge in [0.05, 0.1) is 0 Å². The first kappa shape index (κ1) is 28.6. The Morgan fingerprint density at radius 3 is 2.26 bits per heavy atom. The largest absolute Gasteiger partial charge is 0.481 e. The van der Waals surface area contributed by atoms with E-state index in [9.17, 15) is 4.79 Å². The van der Waals surface area contributed by atoms with Gasteiger partial charge in [-0.3, -0.25) is 9.59 Å². The average Bonchev–Trinajstić information content (AvgIpc) is 3.26. The minimum atomic E-state index is -0.833. The van der Waals surface area contributed by atoms with Gasteiger partial charge in [0.1, 0.15) is 0 Å². The van der Waals surface area contributed by atoms with Gasteiger partial charge in [0.15, 0.2) is 0 Å². The molecule has 2 N–H and O–H groups in total. The molecule has 0 aliphatic heterocycles. The molecule has 31 heavy (non-hydrogen) atoms. The average molecular weight is 430 g/mol. The third kappa shape index (κ3) is 20.7. The van der Waals surface area contributed by atoms with Gasteiger partial charge in [0, 0.05) is 19.9 Å². The number of amides is 1. The fourth-order valence-electron chi connectivity index (χ4n) is 3.34. The first-order valence-corrected chi connectivity index (χ1v) is 11.8. The highest BCUT2D eigenvalue weighted by molar-refractivity contribution is 5.75. The quantitative estimate of drug-likeness (QED) is 0.321. The van der Waals surface area contributed by atoms with Crippen LogP contribution in [0.1, 0.15) is 84.1 Å². The number of carbonyl (C=O) groups is 2. The van der Waals surface area contributed by atoms with E-state index < -0.39 is 5.97 Å². The highest BCUT2D eigenvalue weighted by Crippen LogP contribution is 2.25. The number of aryl methyl sites for hydroxylation is 1. The van der Waals surface area contributed by atoms with Crippen molar-refractivity contribution in [3.63, 3.8) is 0 Å². The predicted molar refractivity (Wildman–Crippen MR) is 131 cm³/mol. The molecule has 0 spiro atoms. The van der Waals surface area contributed by atoms with Gasteiger partial charge in [0.2, 0.25) is 5.91 Å². The third-order valence-electron chi connectivity index (χ3n) is 4.87. The van der Waals surface area contributed by atoms with Crippen LogP contribution in [-0.4, -0.2) is 23.5 Å². The maximum absolute atomic E-state index is 10.9. The van der Waals surface area contributed by atoms with Crippen molar-refractivity contribution < 1.29 is 14.7 Å². The van der Waals surface area contributed by atoms with Gasteiger partial charge in [-0.05, 0) is 70.3 Å². The summed E-state index contributed by atoms with van der Waals surface area (Å²) < 4.78 is 0. The van der Waals surface area contributed by atoms with Gasteiger partial charge in [-0.25, -0.2) is 0 Å². The number of carboxylic acid groups (broad SMARTS) is 1. The van der Waals surface area contributed by atoms with Crippen molar-refractivity contribution in [2.24, 2.45) is 5.92 Å². The van der Waals surface area contributed by atoms with Crippen LogP contribution in [0.3, 0.4) is 0 Å². The van der Waals surface area contributed by atoms with Crippen LogP contribution < -0.4 is 5.32 Å². The first-order valence-electron chi connectivity index (χ1n) is 11.8. The molecule has 4 heteroatoms. The summed E-state index contributed by atoms with van der Waals surface area (Å²) in [6.45, 7) is 5.75. The number of rotatable bonds is 10. The van der Waals surface area contributed by atoms with Crippen LogP contribution >= 0.6 is 0 Å². The zero-order valence-corrected chi connectivity index (χ0v) is 19.8. The zero-order chi connectivity index (χ0) is 23.2. The lowest BCUT2D eigenvalue weighted by atomic mass is 10.1. The van der Waals surface area contributed by atoms with Crippen LogP contribution in [-0.2, 0) is 16.0 Å². The normalized spacial score (nSPS) is 13.4. The molecule has 1 amide bonds. The summed E-state index contributed by atoms with van der Waals surface area (Å²) in [7, 11) is 0. The molecule has 1 fully saturated rings. The second kappa shape index (κ2) is 20.9. The summed E-state index contributed by atoms with van der Waals surface area (Å²) in [6.07, 6.45) is 21.0. The summed E-state index contributed by atoms with van der Waals surface area (Å²) in [6, 6.07) is 10.8. The number of unbranched alkanes of at least 4 members (excludes halogenated alkanes) is 2. The van der Waals surface area contributed by atoms with Crippen LogP contribution in [0, 0.1) is 5.92 Å². The number of hydrogen-bond donors (Lipinski definition) is 2. The number of hydrogen-bond acceptors (Lipinski definition) is 2. The Hall–Kier alpha value is -2.36. The molecule has 1 aliphatic rings. The standard InChI is InChI=1S/C16H22.C9H17NO.C2H4O2/c1-3-9-15(10-4-1)11-5-2-6-12-16-13-7-8-14-16;1-3-5-6-7-8-9(11)10-4-2;1-2(3)4/h1,3-4,6,9-10,12,16H,2,5,7-8,11,13-14H2;3,5H,4,6-8H2,1-2H3,(H,10,11);1H3,(H,3,4)/b12-6+;5-3-;. The number of nitrogens with one attached hydrogen (secondary N) is 1. The summed E-state index contributed by atoms with van der Waals surface area (Å²) in [4.78, 5) is 19.9. The van der Waals surface area contributed by atoms with Gasteiger partial charge in [0.25, 0.3) is 5.97 Å². The van der Waals surface area contributed by atoms with E-state index in [0.29, 0.717) is 6.42 Å². The second-order valence-corrected chi connectivity index (χ2v) is 7.78. The van der Waals surface area contributed by atoms with Crippen LogP contribution in [0.5, 0.6) is 0 Å². The van der Waals surface area contributed by atoms with Crippen molar-refractivity contribution in [1.29, 1.82) is 0 Å². The van der Waals surface area contributed by atoms with Crippen LogP contribution in [0.4, 0.5) is 0 Å². The van der Waals surface area contributed by atoms with E-state index in [4.69, 9.17) is 9.90 Å². The van der Waals surface area contributed by atoms with Crippen molar-refractivity contribution in [2.75, 3.05) is 6.54 Å². The summed E-state index contributed by atoms with van der Waals surface area (Å²) in [5.41, 5.74) is 1.47. The van der Waals surface area contributed by atoms with E-state index in [1.165, 1.54) is 50.5 Å². The topological polar surface area (TPSA) is 66.4 Å². The molecular weight excluding hydrogens is 386 g/mol. The lowest BCUT2D eigenvalue weighted by Gasteiger charge is -2.01. The lowest BCUT2D eigenvalue weighted by molar-refractivity contribution is -0.134. The molecule has 0 aromatic heterocycles. The molecular formula is C27H43NO3. The third-order valence-corrected chi connectivity index (χ3v) is 4.87. The molecule has 0 heterocycles. The summed E-state index contributed by atoms with van der Waals surface area (Å²) in [5.74, 6) is 0.230. The number of carbonyl (C=O) groups excluding carboxylic acids is 1. The van der Waals surface area contributed by atoms with E-state index in [-0.39, 0.29) is 5.91 Å². The van der Waals surface area contributed by atoms with Crippen molar-refractivity contribution in [3.05, 3.63) is 60.2 Å². The lowest BCUT2D eigenvalue weighted by Crippen LogP contribution is -2.21. The highest BCUT2D eigenvalue weighted by atomic mass is 16.4. The van der Waals surface area contributed by atoms with Gasteiger partial charge in [-0.2, -0.15) is 0 Å². The maximum atomic E-state index is 10.9. The van der Waals surface area contributed by atoms with Gasteiger partial charge in [-0.15, -0.1) is 0 Å². The Balaban J connectivity index is 0.000000523. The molecule has 1 aromatic rings. The Labute approximate surface area is 189 Å². The Morgan fingerprint density at radius 1 is 1.06 bits per heavy atom. The monoisotopic (exact) mass is 429 g/mol. The van der Waals surface area contributed by atoms with E-state index in [2.05, 4.69) is 53.9 Å². The molecule has 0 atom stereocenters. The summed E-state index contributed by atoms with van der Waals surface area (Å²) in [5, 5.41) is 10.2. The van der Waals surface area contributed by atoms with E-state index >= 15 is 0 Å². The zero-order valence-electron chi connectivity index (χ0n) is 19.8. The highest BCUT2D eigenvalue weighted by Gasteiger charge is 2.10. The number of benzene rings is 1. The van der Waals surface area contributed by atoms with Crippen molar-refractivity contribution in [2.45, 2.75) is 85.0 Å². The Bertz CT molecular complexity index is 613. The summed E-state index contributed by atoms with van der Waals surface area (Å²) >= 11 is 0. The van der Waals surface area contributed by atoms with E-state index in [1.54, 1.807) is 0 Å². The van der Waals surface area contributed by atoms with Crippen molar-refractivity contribution in [3.8, 4) is 0 Å². The number of allylic oxidation sites excluding steroid dienone is 4. The molecule has 4 nitrogen and oxygen atoms in total. The molecule has 0 saturated heterocycles. The predicted octanol–water partition coefficient (Wildman–Crippen LogP) is 6.72. The van der Waals surface area contributed by atoms with Crippen LogP contribution in [0.25, 0.3) is 0 Å². The molecule has 0 unspecified atom stereocenters. The molecule has 1 aromatic carbocycles. The van der Waals surface area contributed by atoms with Crippen molar-refractivity contribution in [1.82, 2.24) is 5.32 Å². The van der Waals surface area contributed by atoms with Gasteiger partial charge < -0.3 is 10.4 Å². The molecule has 0 bridgehead atoms. The number of aliphatic carboxylic acids is 1. The van der Waals surface area contributed by atoms with Gasteiger partial charge in [-0.1, -0.05) is 67.5 Å². The smallest absolute Gasteiger partial charge is 0.300 e. The maximum Gasteiger partial charge on any atom is 0.300 e. The fourth-order valence-corrected chi connectivity index (χ4v) is 3.34. The molecule has 1 saturated carbocycles. The minimum Gasteiger partial charge on any atom is -0.481 e. The van der Waals surface area contributed by atoms with E-state index in [0.717, 1.165) is 32.2 Å². The molecule has 174 valence electrons.